The molecule has 2 aliphatic rings. The number of nitrogens with zero attached hydrogens (tertiary/aromatic N) is 1. The van der Waals surface area contributed by atoms with Crippen LogP contribution in [0.1, 0.15) is 24.8 Å². The summed E-state index contributed by atoms with van der Waals surface area (Å²) in [4.78, 5) is 2.34. The quantitative estimate of drug-likeness (QED) is 0.865. The number of halogens is 1. The van der Waals surface area contributed by atoms with E-state index in [1.807, 2.05) is 25.1 Å². The van der Waals surface area contributed by atoms with Crippen LogP contribution in [0.4, 0.5) is 0 Å². The summed E-state index contributed by atoms with van der Waals surface area (Å²) >= 11 is 6.14. The number of rotatable bonds is 4. The molecule has 5 nitrogen and oxygen atoms in total. The summed E-state index contributed by atoms with van der Waals surface area (Å²) in [6.07, 6.45) is 0.861. The van der Waals surface area contributed by atoms with Crippen molar-refractivity contribution in [2.45, 2.75) is 44.0 Å². The Bertz CT molecular complexity index is 560. The van der Waals surface area contributed by atoms with Crippen LogP contribution >= 0.6 is 11.6 Å². The Kier molecular flexibility index (Phi) is 5.67. The molecule has 2 aliphatic heterocycles. The number of ether oxygens (including phenoxy) is 2. The Morgan fingerprint density at radius 1 is 1.29 bits per heavy atom. The highest BCUT2D eigenvalue weighted by Gasteiger charge is 2.42. The Morgan fingerprint density at radius 3 is 2.75 bits per heavy atom. The molecular formula is C18H26ClNO4. The predicted octanol–water partition coefficient (Wildman–Crippen LogP) is 2.00. The molecule has 0 unspecified atom stereocenters. The first-order valence-electron chi connectivity index (χ1n) is 8.59. The molecule has 1 aromatic rings. The molecule has 24 heavy (non-hydrogen) atoms. The Morgan fingerprint density at radius 2 is 2.04 bits per heavy atom. The zero-order valence-electron chi connectivity index (χ0n) is 14.1. The molecule has 0 saturated carbocycles. The Balaban J connectivity index is 1.44. The van der Waals surface area contributed by atoms with Crippen LogP contribution in [0.2, 0.25) is 5.02 Å². The van der Waals surface area contributed by atoms with Crippen LogP contribution in [-0.4, -0.2) is 65.8 Å². The molecule has 2 fully saturated rings. The van der Waals surface area contributed by atoms with Gasteiger partial charge in [-0.15, -0.1) is 0 Å². The monoisotopic (exact) mass is 355 g/mol. The molecule has 2 heterocycles. The number of hydrogen-bond acceptors (Lipinski definition) is 5. The minimum atomic E-state index is -0.749. The van der Waals surface area contributed by atoms with E-state index < -0.39 is 12.2 Å². The Hall–Kier alpha value is -0.850. The van der Waals surface area contributed by atoms with E-state index in [0.29, 0.717) is 18.1 Å². The summed E-state index contributed by atoms with van der Waals surface area (Å²) in [6.45, 7) is 5.50. The average Bonchev–Trinajstić information content (AvgIpc) is 2.57. The standard InChI is InChI=1S/C18H26ClNO4/c1-13-2-3-14(19)17(10-13)23-9-8-20-6-4-18(5-7-20)11-15(21)16(22)12-24-18/h2-3,10,15-16,21-22H,4-9,11-12H2,1H3/t15-,16+/m1/s1. The summed E-state index contributed by atoms with van der Waals surface area (Å²) in [7, 11) is 0. The van der Waals surface area contributed by atoms with Crippen molar-refractivity contribution in [1.82, 2.24) is 4.90 Å². The van der Waals surface area contributed by atoms with Gasteiger partial charge in [-0.1, -0.05) is 17.7 Å². The normalized spacial score (nSPS) is 27.3. The van der Waals surface area contributed by atoms with Crippen LogP contribution in [0.3, 0.4) is 0 Å². The number of benzene rings is 1. The van der Waals surface area contributed by atoms with E-state index in [-0.39, 0.29) is 12.2 Å². The highest BCUT2D eigenvalue weighted by Crippen LogP contribution is 2.35. The maximum absolute atomic E-state index is 9.90. The van der Waals surface area contributed by atoms with Crippen molar-refractivity contribution < 1.29 is 19.7 Å². The fourth-order valence-electron chi connectivity index (χ4n) is 3.49. The van der Waals surface area contributed by atoms with Gasteiger partial charge < -0.3 is 19.7 Å². The summed E-state index contributed by atoms with van der Waals surface area (Å²) in [6, 6.07) is 5.78. The molecule has 6 heteroatoms. The van der Waals surface area contributed by atoms with Crippen LogP contribution in [-0.2, 0) is 4.74 Å². The number of aliphatic hydroxyl groups is 2. The van der Waals surface area contributed by atoms with Crippen LogP contribution in [0.15, 0.2) is 18.2 Å². The van der Waals surface area contributed by atoms with Gasteiger partial charge in [-0.25, -0.2) is 0 Å². The number of piperidine rings is 1. The van der Waals surface area contributed by atoms with E-state index in [1.165, 1.54) is 0 Å². The number of aryl methyl sites for hydroxylation is 1. The second-order valence-corrected chi connectivity index (χ2v) is 7.36. The second-order valence-electron chi connectivity index (χ2n) is 6.96. The van der Waals surface area contributed by atoms with Crippen molar-refractivity contribution >= 4 is 11.6 Å². The van der Waals surface area contributed by atoms with E-state index in [2.05, 4.69) is 4.90 Å². The van der Waals surface area contributed by atoms with E-state index in [1.54, 1.807) is 0 Å². The molecule has 0 amide bonds. The highest BCUT2D eigenvalue weighted by molar-refractivity contribution is 6.32. The fourth-order valence-corrected chi connectivity index (χ4v) is 3.66. The van der Waals surface area contributed by atoms with Gasteiger partial charge in [0.05, 0.1) is 23.3 Å². The molecule has 3 rings (SSSR count). The van der Waals surface area contributed by atoms with Crippen molar-refractivity contribution in [2.75, 3.05) is 32.8 Å². The molecule has 2 saturated heterocycles. The summed E-state index contributed by atoms with van der Waals surface area (Å²) < 4.78 is 11.7. The predicted molar refractivity (Wildman–Crippen MR) is 92.7 cm³/mol. The maximum atomic E-state index is 9.90. The fraction of sp³-hybridized carbons (Fsp3) is 0.667. The lowest BCUT2D eigenvalue weighted by Crippen LogP contribution is -2.54. The van der Waals surface area contributed by atoms with Crippen LogP contribution in [0.5, 0.6) is 5.75 Å². The van der Waals surface area contributed by atoms with Gasteiger partial charge in [0.2, 0.25) is 0 Å². The molecular weight excluding hydrogens is 330 g/mol. The summed E-state index contributed by atoms with van der Waals surface area (Å²) in [5, 5.41) is 20.1. The molecule has 2 atom stereocenters. The van der Waals surface area contributed by atoms with Gasteiger partial charge in [0.1, 0.15) is 18.5 Å². The van der Waals surface area contributed by atoms with Crippen molar-refractivity contribution in [1.29, 1.82) is 0 Å². The topological polar surface area (TPSA) is 62.2 Å². The molecule has 0 aliphatic carbocycles. The SMILES string of the molecule is Cc1ccc(Cl)c(OCCN2CCC3(CC2)C[C@@H](O)[C@@H](O)CO3)c1. The van der Waals surface area contributed by atoms with Gasteiger partial charge in [-0.3, -0.25) is 4.90 Å². The second kappa shape index (κ2) is 7.58. The maximum Gasteiger partial charge on any atom is 0.138 e. The van der Waals surface area contributed by atoms with E-state index in [4.69, 9.17) is 21.1 Å². The third-order valence-corrected chi connectivity index (χ3v) is 5.42. The van der Waals surface area contributed by atoms with Crippen molar-refractivity contribution in [2.24, 2.45) is 0 Å². The van der Waals surface area contributed by atoms with Crippen LogP contribution in [0.25, 0.3) is 0 Å². The average molecular weight is 356 g/mol. The van der Waals surface area contributed by atoms with Gasteiger partial charge >= 0.3 is 0 Å². The number of likely N-dealkylation sites (tertiary alicyclic amines) is 1. The third-order valence-electron chi connectivity index (χ3n) is 5.10. The first-order valence-corrected chi connectivity index (χ1v) is 8.97. The number of hydrogen-bond donors (Lipinski definition) is 2. The van der Waals surface area contributed by atoms with Gasteiger partial charge in [0.25, 0.3) is 0 Å². The summed E-state index contributed by atoms with van der Waals surface area (Å²) in [5.74, 6) is 0.734. The number of aliphatic hydroxyl groups excluding tert-OH is 2. The molecule has 1 spiro atoms. The van der Waals surface area contributed by atoms with E-state index in [0.717, 1.165) is 43.8 Å². The smallest absolute Gasteiger partial charge is 0.138 e. The Labute approximate surface area is 148 Å². The molecule has 134 valence electrons. The largest absolute Gasteiger partial charge is 0.491 e. The van der Waals surface area contributed by atoms with Crippen LogP contribution in [0, 0.1) is 6.92 Å². The zero-order chi connectivity index (χ0) is 17.2. The minimum absolute atomic E-state index is 0.232. The molecule has 0 radical (unpaired) electrons. The first kappa shape index (κ1) is 18.0. The summed E-state index contributed by atoms with van der Waals surface area (Å²) in [5.41, 5.74) is 0.861. The van der Waals surface area contributed by atoms with Gasteiger partial charge in [-0.05, 0) is 37.5 Å². The van der Waals surface area contributed by atoms with E-state index >= 15 is 0 Å². The molecule has 2 N–H and O–H groups in total. The third kappa shape index (κ3) is 4.21. The zero-order valence-corrected chi connectivity index (χ0v) is 14.8. The van der Waals surface area contributed by atoms with E-state index in [9.17, 15) is 10.2 Å². The van der Waals surface area contributed by atoms with Crippen molar-refractivity contribution in [3.8, 4) is 5.75 Å². The lowest BCUT2D eigenvalue weighted by molar-refractivity contribution is -0.187. The van der Waals surface area contributed by atoms with Gasteiger partial charge in [-0.2, -0.15) is 0 Å². The van der Waals surface area contributed by atoms with Crippen LogP contribution < -0.4 is 4.74 Å². The lowest BCUT2D eigenvalue weighted by atomic mass is 9.82. The minimum Gasteiger partial charge on any atom is -0.491 e. The first-order chi connectivity index (χ1) is 11.5. The molecule has 0 bridgehead atoms. The van der Waals surface area contributed by atoms with Gasteiger partial charge in [0, 0.05) is 26.1 Å². The molecule has 1 aromatic carbocycles. The molecule has 0 aromatic heterocycles. The van der Waals surface area contributed by atoms with Crippen molar-refractivity contribution in [3.63, 3.8) is 0 Å². The highest BCUT2D eigenvalue weighted by atomic mass is 35.5. The van der Waals surface area contributed by atoms with Crippen molar-refractivity contribution in [3.05, 3.63) is 28.8 Å². The van der Waals surface area contributed by atoms with Gasteiger partial charge in [0.15, 0.2) is 0 Å². The lowest BCUT2D eigenvalue weighted by Gasteiger charge is -2.46.